The van der Waals surface area contributed by atoms with Gasteiger partial charge in [-0.2, -0.15) is 13.2 Å². The predicted octanol–water partition coefficient (Wildman–Crippen LogP) is 5.31. The first-order valence-corrected chi connectivity index (χ1v) is 6.82. The van der Waals surface area contributed by atoms with E-state index in [1.165, 1.54) is 7.11 Å². The maximum Gasteiger partial charge on any atom is 0.410 e. The molecule has 0 radical (unpaired) electrons. The van der Waals surface area contributed by atoms with Crippen LogP contribution in [0.4, 0.5) is 13.2 Å². The Morgan fingerprint density at radius 1 is 1.00 bits per heavy atom. The average Bonchev–Trinajstić information content (AvgIpc) is 2.44. The molecule has 0 atom stereocenters. The molecule has 0 unspecified atom stereocenters. The number of aryl methyl sites for hydroxylation is 2. The summed E-state index contributed by atoms with van der Waals surface area (Å²) in [6.45, 7) is 3.73. The molecule has 22 heavy (non-hydrogen) atoms. The summed E-state index contributed by atoms with van der Waals surface area (Å²) in [6.07, 6.45) is -4.03. The van der Waals surface area contributed by atoms with Crippen molar-refractivity contribution in [3.8, 4) is 5.75 Å². The van der Waals surface area contributed by atoms with E-state index < -0.39 is 6.18 Å². The van der Waals surface area contributed by atoms with E-state index in [0.717, 1.165) is 11.1 Å². The van der Waals surface area contributed by atoms with Gasteiger partial charge in [-0.3, -0.25) is 0 Å². The van der Waals surface area contributed by atoms with Crippen molar-refractivity contribution in [2.24, 2.45) is 0 Å². The fourth-order valence-corrected chi connectivity index (χ4v) is 2.37. The molecule has 0 spiro atoms. The molecule has 0 heterocycles. The van der Waals surface area contributed by atoms with Crippen molar-refractivity contribution in [1.82, 2.24) is 0 Å². The summed E-state index contributed by atoms with van der Waals surface area (Å²) in [5.41, 5.74) is 3.07. The molecule has 0 bridgehead atoms. The Bertz CT molecular complexity index is 682. The molecule has 0 aliphatic rings. The quantitative estimate of drug-likeness (QED) is 0.747. The van der Waals surface area contributed by atoms with Crippen molar-refractivity contribution >= 4 is 5.57 Å². The average molecular weight is 306 g/mol. The lowest BCUT2D eigenvalue weighted by Gasteiger charge is -2.14. The van der Waals surface area contributed by atoms with Gasteiger partial charge in [-0.1, -0.05) is 35.9 Å². The Kier molecular flexibility index (Phi) is 4.59. The van der Waals surface area contributed by atoms with Gasteiger partial charge in [-0.15, -0.1) is 0 Å². The maximum atomic E-state index is 12.9. The normalized spacial score (nSPS) is 12.4. The van der Waals surface area contributed by atoms with Crippen molar-refractivity contribution in [2.75, 3.05) is 7.11 Å². The summed E-state index contributed by atoms with van der Waals surface area (Å²) in [7, 11) is 1.52. The van der Waals surface area contributed by atoms with Crippen molar-refractivity contribution < 1.29 is 17.9 Å². The SMILES string of the molecule is COc1ccc(/C(=C/C(F)(F)F)c2ccc(C)cc2C)cc1. The molecule has 0 saturated carbocycles. The van der Waals surface area contributed by atoms with Gasteiger partial charge in [0, 0.05) is 6.08 Å². The number of hydrogen-bond acceptors (Lipinski definition) is 1. The standard InChI is InChI=1S/C18H17F3O/c1-12-4-9-16(13(2)10-12)17(11-18(19,20)21)14-5-7-15(22-3)8-6-14/h4-11H,1-3H3/b17-11-. The number of allylic oxidation sites excluding steroid dienone is 1. The maximum absolute atomic E-state index is 12.9. The molecule has 0 saturated heterocycles. The van der Waals surface area contributed by atoms with Crippen LogP contribution < -0.4 is 4.74 Å². The largest absolute Gasteiger partial charge is 0.497 e. The topological polar surface area (TPSA) is 9.23 Å². The van der Waals surface area contributed by atoms with Crippen LogP contribution in [0.25, 0.3) is 5.57 Å². The monoisotopic (exact) mass is 306 g/mol. The highest BCUT2D eigenvalue weighted by Crippen LogP contribution is 2.32. The predicted molar refractivity (Wildman–Crippen MR) is 82.0 cm³/mol. The van der Waals surface area contributed by atoms with Gasteiger partial charge in [0.1, 0.15) is 5.75 Å². The zero-order valence-corrected chi connectivity index (χ0v) is 12.7. The minimum Gasteiger partial charge on any atom is -0.497 e. The summed E-state index contributed by atoms with van der Waals surface area (Å²) in [6, 6.07) is 12.0. The Morgan fingerprint density at radius 2 is 1.64 bits per heavy atom. The smallest absolute Gasteiger partial charge is 0.410 e. The fourth-order valence-electron chi connectivity index (χ4n) is 2.37. The van der Waals surface area contributed by atoms with Gasteiger partial charge in [0.2, 0.25) is 0 Å². The van der Waals surface area contributed by atoms with Crippen molar-refractivity contribution in [2.45, 2.75) is 20.0 Å². The molecule has 2 rings (SSSR count). The van der Waals surface area contributed by atoms with Crippen molar-refractivity contribution in [3.05, 3.63) is 70.8 Å². The third-order valence-corrected chi connectivity index (χ3v) is 3.38. The van der Waals surface area contributed by atoms with Gasteiger partial charge in [0.05, 0.1) is 7.11 Å². The molecule has 0 fully saturated rings. The van der Waals surface area contributed by atoms with Crippen molar-refractivity contribution in [1.29, 1.82) is 0 Å². The third-order valence-electron chi connectivity index (χ3n) is 3.38. The Labute approximate surface area is 128 Å². The molecule has 1 nitrogen and oxygen atoms in total. The van der Waals surface area contributed by atoms with Crippen LogP contribution in [-0.2, 0) is 0 Å². The molecule has 0 aliphatic carbocycles. The van der Waals surface area contributed by atoms with Gasteiger partial charge in [0.25, 0.3) is 0 Å². The molecule has 2 aromatic rings. The zero-order chi connectivity index (χ0) is 16.3. The molecule has 0 N–H and O–H groups in total. The van der Waals surface area contributed by atoms with Crippen LogP contribution in [-0.4, -0.2) is 13.3 Å². The third kappa shape index (κ3) is 3.91. The van der Waals surface area contributed by atoms with E-state index in [4.69, 9.17) is 4.74 Å². The first-order chi connectivity index (χ1) is 10.3. The Morgan fingerprint density at radius 3 is 2.14 bits per heavy atom. The van der Waals surface area contributed by atoms with E-state index in [1.807, 2.05) is 26.0 Å². The van der Waals surface area contributed by atoms with Gasteiger partial charge in [0.15, 0.2) is 0 Å². The van der Waals surface area contributed by atoms with Gasteiger partial charge < -0.3 is 4.74 Å². The highest BCUT2D eigenvalue weighted by atomic mass is 19.4. The van der Waals surface area contributed by atoms with E-state index >= 15 is 0 Å². The summed E-state index contributed by atoms with van der Waals surface area (Å²) in [5.74, 6) is 0.607. The molecule has 0 aromatic heterocycles. The number of halogens is 3. The first kappa shape index (κ1) is 16.1. The molecule has 0 amide bonds. The highest BCUT2D eigenvalue weighted by molar-refractivity contribution is 5.82. The summed E-state index contributed by atoms with van der Waals surface area (Å²) >= 11 is 0. The second kappa shape index (κ2) is 6.26. The van der Waals surface area contributed by atoms with Crippen LogP contribution in [0.2, 0.25) is 0 Å². The van der Waals surface area contributed by atoms with Gasteiger partial charge in [-0.05, 0) is 48.2 Å². The van der Waals surface area contributed by atoms with E-state index in [2.05, 4.69) is 0 Å². The number of benzene rings is 2. The lowest BCUT2D eigenvalue weighted by Crippen LogP contribution is -2.05. The molecular weight excluding hydrogens is 289 g/mol. The fraction of sp³-hybridized carbons (Fsp3) is 0.222. The molecule has 4 heteroatoms. The number of methoxy groups -OCH3 is 1. The molecule has 0 aliphatic heterocycles. The minimum absolute atomic E-state index is 0.160. The highest BCUT2D eigenvalue weighted by Gasteiger charge is 2.26. The summed E-state index contributed by atoms with van der Waals surface area (Å²) in [5, 5.41) is 0. The van der Waals surface area contributed by atoms with E-state index in [9.17, 15) is 13.2 Å². The second-order valence-corrected chi connectivity index (χ2v) is 5.15. The van der Waals surface area contributed by atoms with Crippen LogP contribution in [0.15, 0.2) is 48.5 Å². The first-order valence-electron chi connectivity index (χ1n) is 6.82. The zero-order valence-electron chi connectivity index (χ0n) is 12.7. The molecule has 116 valence electrons. The summed E-state index contributed by atoms with van der Waals surface area (Å²) in [4.78, 5) is 0. The lowest BCUT2D eigenvalue weighted by molar-refractivity contribution is -0.0793. The van der Waals surface area contributed by atoms with Gasteiger partial charge in [-0.25, -0.2) is 0 Å². The van der Waals surface area contributed by atoms with Gasteiger partial charge >= 0.3 is 6.18 Å². The van der Waals surface area contributed by atoms with E-state index in [1.54, 1.807) is 30.3 Å². The lowest BCUT2D eigenvalue weighted by atomic mass is 9.93. The van der Waals surface area contributed by atoms with Crippen LogP contribution in [0.1, 0.15) is 22.3 Å². The number of ether oxygens (including phenoxy) is 1. The number of hydrogen-bond donors (Lipinski definition) is 0. The Balaban J connectivity index is 2.58. The Hall–Kier alpha value is -2.23. The van der Waals surface area contributed by atoms with E-state index in [-0.39, 0.29) is 5.57 Å². The summed E-state index contributed by atoms with van der Waals surface area (Å²) < 4.78 is 43.9. The van der Waals surface area contributed by atoms with Crippen LogP contribution in [0, 0.1) is 13.8 Å². The molecular formula is C18H17F3O. The van der Waals surface area contributed by atoms with Crippen LogP contribution in [0.5, 0.6) is 5.75 Å². The number of alkyl halides is 3. The number of rotatable bonds is 3. The second-order valence-electron chi connectivity index (χ2n) is 5.15. The minimum atomic E-state index is -4.38. The molecule has 2 aromatic carbocycles. The van der Waals surface area contributed by atoms with Crippen LogP contribution >= 0.6 is 0 Å². The van der Waals surface area contributed by atoms with Crippen LogP contribution in [0.3, 0.4) is 0 Å². The van der Waals surface area contributed by atoms with E-state index in [0.29, 0.717) is 23.0 Å². The van der Waals surface area contributed by atoms with Crippen molar-refractivity contribution in [3.63, 3.8) is 0 Å².